The van der Waals surface area contributed by atoms with Crippen molar-refractivity contribution < 1.29 is 14.3 Å². The number of ether oxygens (including phenoxy) is 2. The molecule has 0 saturated carbocycles. The van der Waals surface area contributed by atoms with Gasteiger partial charge in [-0.2, -0.15) is 0 Å². The number of hydrogen-bond donors (Lipinski definition) is 0. The third-order valence-corrected chi connectivity index (χ3v) is 4.06. The second kappa shape index (κ2) is 6.37. The summed E-state index contributed by atoms with van der Waals surface area (Å²) in [6, 6.07) is 8.11. The number of hydrogen-bond acceptors (Lipinski definition) is 3. The van der Waals surface area contributed by atoms with E-state index in [0.717, 1.165) is 18.4 Å². The van der Waals surface area contributed by atoms with Gasteiger partial charge in [-0.15, -0.1) is 0 Å². The Bertz CT molecular complexity index is 459. The summed E-state index contributed by atoms with van der Waals surface area (Å²) in [6.07, 6.45) is 1.91. The number of methoxy groups -OCH3 is 2. The third kappa shape index (κ3) is 3.38. The van der Waals surface area contributed by atoms with Crippen LogP contribution in [0.25, 0.3) is 0 Å². The van der Waals surface area contributed by atoms with E-state index in [9.17, 15) is 4.79 Å². The lowest BCUT2D eigenvalue weighted by Gasteiger charge is -2.39. The number of nitrogens with zero attached hydrogens (tertiary/aromatic N) is 1. The van der Waals surface area contributed by atoms with Gasteiger partial charge in [0.2, 0.25) is 5.91 Å². The average Bonchev–Trinajstić information content (AvgIpc) is 2.47. The summed E-state index contributed by atoms with van der Waals surface area (Å²) in [6.45, 7) is 3.42. The molecule has 1 aliphatic heterocycles. The van der Waals surface area contributed by atoms with Crippen molar-refractivity contribution >= 4 is 5.91 Å². The van der Waals surface area contributed by atoms with Crippen LogP contribution in [0.5, 0.6) is 0 Å². The number of aryl methyl sites for hydroxylation is 1. The van der Waals surface area contributed by atoms with Crippen LogP contribution < -0.4 is 0 Å². The third-order valence-electron chi connectivity index (χ3n) is 4.06. The molecule has 1 aromatic rings. The van der Waals surface area contributed by atoms with E-state index in [-0.39, 0.29) is 5.91 Å². The first-order valence-corrected chi connectivity index (χ1v) is 7.02. The van der Waals surface area contributed by atoms with Crippen molar-refractivity contribution in [2.45, 2.75) is 32.0 Å². The molecule has 110 valence electrons. The molecule has 1 heterocycles. The number of benzene rings is 1. The van der Waals surface area contributed by atoms with Crippen molar-refractivity contribution in [3.63, 3.8) is 0 Å². The Morgan fingerprint density at radius 3 is 2.45 bits per heavy atom. The molecule has 1 aromatic carbocycles. The molecule has 1 aliphatic rings. The van der Waals surface area contributed by atoms with E-state index in [1.54, 1.807) is 14.2 Å². The van der Waals surface area contributed by atoms with E-state index in [1.807, 2.05) is 30.0 Å². The highest BCUT2D eigenvalue weighted by molar-refractivity contribution is 5.78. The van der Waals surface area contributed by atoms with Crippen LogP contribution in [0.4, 0.5) is 0 Å². The van der Waals surface area contributed by atoms with Gasteiger partial charge in [-0.25, -0.2) is 0 Å². The molecule has 1 saturated heterocycles. The van der Waals surface area contributed by atoms with E-state index in [2.05, 4.69) is 6.07 Å². The number of carbonyl (C=O) groups excluding carboxylic acids is 1. The number of piperidine rings is 1. The van der Waals surface area contributed by atoms with Gasteiger partial charge in [-0.05, 0) is 12.5 Å². The summed E-state index contributed by atoms with van der Waals surface area (Å²) >= 11 is 0. The van der Waals surface area contributed by atoms with Gasteiger partial charge in [0.15, 0.2) is 5.79 Å². The van der Waals surface area contributed by atoms with E-state index >= 15 is 0 Å². The monoisotopic (exact) mass is 277 g/mol. The molecule has 0 aliphatic carbocycles. The van der Waals surface area contributed by atoms with Crippen molar-refractivity contribution in [3.05, 3.63) is 35.4 Å². The molecule has 0 unspecified atom stereocenters. The van der Waals surface area contributed by atoms with E-state index < -0.39 is 5.79 Å². The highest BCUT2D eigenvalue weighted by Gasteiger charge is 2.35. The van der Waals surface area contributed by atoms with Crippen molar-refractivity contribution in [2.24, 2.45) is 0 Å². The van der Waals surface area contributed by atoms with Crippen LogP contribution in [-0.4, -0.2) is 43.9 Å². The lowest BCUT2D eigenvalue weighted by molar-refractivity contribution is -0.228. The average molecular weight is 277 g/mol. The highest BCUT2D eigenvalue weighted by Crippen LogP contribution is 2.26. The van der Waals surface area contributed by atoms with Crippen LogP contribution in [0, 0.1) is 6.92 Å². The summed E-state index contributed by atoms with van der Waals surface area (Å²) in [5, 5.41) is 0. The van der Waals surface area contributed by atoms with Crippen molar-refractivity contribution in [1.29, 1.82) is 0 Å². The van der Waals surface area contributed by atoms with Gasteiger partial charge in [-0.1, -0.05) is 29.8 Å². The first-order chi connectivity index (χ1) is 9.58. The van der Waals surface area contributed by atoms with Crippen LogP contribution in [0.2, 0.25) is 0 Å². The molecule has 4 heteroatoms. The van der Waals surface area contributed by atoms with Gasteiger partial charge >= 0.3 is 0 Å². The second-order valence-corrected chi connectivity index (χ2v) is 5.37. The fourth-order valence-corrected chi connectivity index (χ4v) is 2.70. The number of likely N-dealkylation sites (tertiary alicyclic amines) is 1. The van der Waals surface area contributed by atoms with E-state index in [1.165, 1.54) is 5.56 Å². The zero-order valence-corrected chi connectivity index (χ0v) is 12.5. The van der Waals surface area contributed by atoms with Crippen molar-refractivity contribution in [3.8, 4) is 0 Å². The molecule has 1 fully saturated rings. The Morgan fingerprint density at radius 1 is 1.25 bits per heavy atom. The zero-order valence-electron chi connectivity index (χ0n) is 12.5. The summed E-state index contributed by atoms with van der Waals surface area (Å²) in [5.74, 6) is -0.337. The smallest absolute Gasteiger partial charge is 0.226 e. The molecule has 0 atom stereocenters. The van der Waals surface area contributed by atoms with Crippen LogP contribution >= 0.6 is 0 Å². The Morgan fingerprint density at radius 2 is 1.90 bits per heavy atom. The normalized spacial score (nSPS) is 18.1. The van der Waals surface area contributed by atoms with Gasteiger partial charge in [-0.3, -0.25) is 4.79 Å². The fourth-order valence-electron chi connectivity index (χ4n) is 2.70. The van der Waals surface area contributed by atoms with Crippen LogP contribution in [0.3, 0.4) is 0 Å². The molecule has 0 spiro atoms. The first-order valence-electron chi connectivity index (χ1n) is 7.02. The van der Waals surface area contributed by atoms with Crippen LogP contribution in [0.1, 0.15) is 24.0 Å². The number of amides is 1. The largest absolute Gasteiger partial charge is 0.353 e. The van der Waals surface area contributed by atoms with Crippen LogP contribution in [-0.2, 0) is 20.7 Å². The molecular formula is C16H23NO3. The van der Waals surface area contributed by atoms with Crippen molar-refractivity contribution in [2.75, 3.05) is 27.3 Å². The number of rotatable bonds is 4. The van der Waals surface area contributed by atoms with Gasteiger partial charge < -0.3 is 14.4 Å². The first kappa shape index (κ1) is 15.0. The molecule has 1 amide bonds. The maximum atomic E-state index is 12.3. The molecule has 20 heavy (non-hydrogen) atoms. The van der Waals surface area contributed by atoms with Crippen LogP contribution in [0.15, 0.2) is 24.3 Å². The Labute approximate surface area is 120 Å². The summed E-state index contributed by atoms with van der Waals surface area (Å²) in [5.41, 5.74) is 2.26. The van der Waals surface area contributed by atoms with Gasteiger partial charge in [0.1, 0.15) is 0 Å². The fraction of sp³-hybridized carbons (Fsp3) is 0.562. The standard InChI is InChI=1S/C16H23NO3/c1-13-5-4-6-14(11-13)12-15(18)17-9-7-16(19-2,20-3)8-10-17/h4-6,11H,7-10,12H2,1-3H3. The molecule has 0 aromatic heterocycles. The summed E-state index contributed by atoms with van der Waals surface area (Å²) in [7, 11) is 3.32. The lowest BCUT2D eigenvalue weighted by atomic mass is 10.0. The second-order valence-electron chi connectivity index (χ2n) is 5.37. The zero-order chi connectivity index (χ0) is 14.6. The maximum Gasteiger partial charge on any atom is 0.226 e. The predicted octanol–water partition coefficient (Wildman–Crippen LogP) is 2.15. The van der Waals surface area contributed by atoms with Gasteiger partial charge in [0.25, 0.3) is 0 Å². The molecule has 0 bridgehead atoms. The molecule has 0 radical (unpaired) electrons. The highest BCUT2D eigenvalue weighted by atomic mass is 16.7. The Balaban J connectivity index is 1.92. The number of carbonyl (C=O) groups is 1. The molecule has 2 rings (SSSR count). The quantitative estimate of drug-likeness (QED) is 0.792. The van der Waals surface area contributed by atoms with Gasteiger partial charge in [0, 0.05) is 40.2 Å². The minimum absolute atomic E-state index is 0.177. The minimum Gasteiger partial charge on any atom is -0.353 e. The molecular weight excluding hydrogens is 254 g/mol. The maximum absolute atomic E-state index is 12.3. The van der Waals surface area contributed by atoms with E-state index in [4.69, 9.17) is 9.47 Å². The SMILES string of the molecule is COC1(OC)CCN(C(=O)Cc2cccc(C)c2)CC1. The summed E-state index contributed by atoms with van der Waals surface area (Å²) < 4.78 is 10.9. The predicted molar refractivity (Wildman–Crippen MR) is 77.4 cm³/mol. The minimum atomic E-state index is -0.514. The molecule has 4 nitrogen and oxygen atoms in total. The Hall–Kier alpha value is -1.39. The Kier molecular flexibility index (Phi) is 4.78. The van der Waals surface area contributed by atoms with Gasteiger partial charge in [0.05, 0.1) is 6.42 Å². The van der Waals surface area contributed by atoms with Crippen molar-refractivity contribution in [1.82, 2.24) is 4.90 Å². The molecule has 0 N–H and O–H groups in total. The summed E-state index contributed by atoms with van der Waals surface area (Å²) in [4.78, 5) is 14.2. The van der Waals surface area contributed by atoms with E-state index in [0.29, 0.717) is 19.5 Å². The topological polar surface area (TPSA) is 38.8 Å². The lowest BCUT2D eigenvalue weighted by Crippen LogP contribution is -2.49.